The molecule has 1 fully saturated rings. The van der Waals surface area contributed by atoms with E-state index >= 15 is 0 Å². The maximum Gasteiger partial charge on any atom is 0.142 e. The fourth-order valence-electron chi connectivity index (χ4n) is 4.10. The molecule has 0 aromatic heterocycles. The number of hydrogen-bond donors (Lipinski definition) is 1. The van der Waals surface area contributed by atoms with Crippen LogP contribution in [0.1, 0.15) is 39.0 Å². The molecule has 3 unspecified atom stereocenters. The highest BCUT2D eigenvalue weighted by Gasteiger charge is 2.31. The van der Waals surface area contributed by atoms with E-state index in [1.54, 1.807) is 0 Å². The Kier molecular flexibility index (Phi) is 4.69. The Hall–Kier alpha value is -1.22. The Balaban J connectivity index is 1.85. The molecular weight excluding hydrogens is 260 g/mol. The Morgan fingerprint density at radius 2 is 2.14 bits per heavy atom. The van der Waals surface area contributed by atoms with Gasteiger partial charge in [-0.2, -0.15) is 0 Å². The van der Waals surface area contributed by atoms with Crippen LogP contribution in [0.2, 0.25) is 0 Å². The summed E-state index contributed by atoms with van der Waals surface area (Å²) in [6, 6.07) is 8.90. The fraction of sp³-hybridized carbons (Fsp3) is 0.667. The van der Waals surface area contributed by atoms with E-state index in [9.17, 15) is 0 Å². The summed E-state index contributed by atoms with van der Waals surface area (Å²) in [6.45, 7) is 5.00. The van der Waals surface area contributed by atoms with Crippen LogP contribution in [0.25, 0.3) is 0 Å². The second-order valence-electron chi connectivity index (χ2n) is 6.70. The van der Waals surface area contributed by atoms with E-state index in [0.29, 0.717) is 6.04 Å². The minimum Gasteiger partial charge on any atom is -0.491 e. The number of ether oxygens (including phenoxy) is 1. The van der Waals surface area contributed by atoms with Gasteiger partial charge in [0.2, 0.25) is 0 Å². The van der Waals surface area contributed by atoms with Crippen molar-refractivity contribution in [1.29, 1.82) is 0 Å². The van der Waals surface area contributed by atoms with Crippen LogP contribution >= 0.6 is 0 Å². The maximum absolute atomic E-state index is 6.21. The van der Waals surface area contributed by atoms with E-state index in [1.807, 2.05) is 0 Å². The van der Waals surface area contributed by atoms with Crippen LogP contribution in [0.3, 0.4) is 0 Å². The Morgan fingerprint density at radius 1 is 1.29 bits per heavy atom. The first-order chi connectivity index (χ1) is 10.3. The molecule has 1 heterocycles. The Labute approximate surface area is 128 Å². The highest BCUT2D eigenvalue weighted by molar-refractivity contribution is 5.59. The van der Waals surface area contributed by atoms with Gasteiger partial charge in [0.25, 0.3) is 0 Å². The lowest BCUT2D eigenvalue weighted by atomic mass is 9.78. The lowest BCUT2D eigenvalue weighted by Gasteiger charge is -2.40. The third-order valence-corrected chi connectivity index (χ3v) is 5.14. The SMILES string of the molecule is CC1CCCC(C(CN)N2CCCOc3ccccc32)C1. The van der Waals surface area contributed by atoms with Crippen molar-refractivity contribution >= 4 is 5.69 Å². The van der Waals surface area contributed by atoms with Crippen LogP contribution in [0.4, 0.5) is 5.69 Å². The van der Waals surface area contributed by atoms with Gasteiger partial charge in [0.1, 0.15) is 5.75 Å². The third kappa shape index (κ3) is 3.18. The molecule has 0 spiro atoms. The average molecular weight is 288 g/mol. The van der Waals surface area contributed by atoms with E-state index in [4.69, 9.17) is 10.5 Å². The molecule has 116 valence electrons. The molecule has 3 rings (SSSR count). The summed E-state index contributed by atoms with van der Waals surface area (Å²) < 4.78 is 5.90. The molecule has 21 heavy (non-hydrogen) atoms. The lowest BCUT2D eigenvalue weighted by molar-refractivity contribution is 0.241. The predicted octanol–water partition coefficient (Wildman–Crippen LogP) is 3.43. The second kappa shape index (κ2) is 6.69. The standard InChI is InChI=1S/C18H28N2O/c1-14-6-4-7-15(12-14)17(13-19)20-10-5-11-21-18-9-3-2-8-16(18)20/h2-3,8-9,14-15,17H,4-7,10-13,19H2,1H3. The van der Waals surface area contributed by atoms with E-state index in [2.05, 4.69) is 36.1 Å². The van der Waals surface area contributed by atoms with Crippen LogP contribution in [-0.2, 0) is 0 Å². The number of nitrogens with two attached hydrogens (primary N) is 1. The molecule has 0 saturated heterocycles. The van der Waals surface area contributed by atoms with Crippen molar-refractivity contribution in [2.24, 2.45) is 17.6 Å². The number of rotatable bonds is 3. The van der Waals surface area contributed by atoms with Crippen molar-refractivity contribution in [2.45, 2.75) is 45.1 Å². The van der Waals surface area contributed by atoms with Crippen LogP contribution in [0.5, 0.6) is 5.75 Å². The quantitative estimate of drug-likeness (QED) is 0.926. The molecule has 1 saturated carbocycles. The molecule has 0 radical (unpaired) electrons. The first kappa shape index (κ1) is 14.7. The summed E-state index contributed by atoms with van der Waals surface area (Å²) in [4.78, 5) is 2.53. The average Bonchev–Trinajstić information content (AvgIpc) is 2.71. The number of hydrogen-bond acceptors (Lipinski definition) is 3. The van der Waals surface area contributed by atoms with Crippen molar-refractivity contribution in [1.82, 2.24) is 0 Å². The zero-order valence-corrected chi connectivity index (χ0v) is 13.1. The smallest absolute Gasteiger partial charge is 0.142 e. The minimum atomic E-state index is 0.454. The summed E-state index contributed by atoms with van der Waals surface area (Å²) >= 11 is 0. The van der Waals surface area contributed by atoms with Crippen molar-refractivity contribution in [3.8, 4) is 5.75 Å². The van der Waals surface area contributed by atoms with Crippen molar-refractivity contribution in [2.75, 3.05) is 24.6 Å². The fourth-order valence-corrected chi connectivity index (χ4v) is 4.10. The van der Waals surface area contributed by atoms with Gasteiger partial charge in [-0.3, -0.25) is 0 Å². The highest BCUT2D eigenvalue weighted by Crippen LogP contribution is 2.37. The summed E-state index contributed by atoms with van der Waals surface area (Å²) in [5.74, 6) is 2.60. The molecule has 3 heteroatoms. The highest BCUT2D eigenvalue weighted by atomic mass is 16.5. The third-order valence-electron chi connectivity index (χ3n) is 5.14. The van der Waals surface area contributed by atoms with Gasteiger partial charge in [-0.25, -0.2) is 0 Å². The molecular formula is C18H28N2O. The maximum atomic E-state index is 6.21. The molecule has 2 aliphatic rings. The van der Waals surface area contributed by atoms with Gasteiger partial charge in [0, 0.05) is 19.1 Å². The number of fused-ring (bicyclic) bond motifs is 1. The molecule has 1 aliphatic carbocycles. The predicted molar refractivity (Wildman–Crippen MR) is 87.9 cm³/mol. The number of benzene rings is 1. The largest absolute Gasteiger partial charge is 0.491 e. The lowest BCUT2D eigenvalue weighted by Crippen LogP contribution is -2.47. The Morgan fingerprint density at radius 3 is 2.95 bits per heavy atom. The van der Waals surface area contributed by atoms with Crippen LogP contribution in [0.15, 0.2) is 24.3 Å². The zero-order chi connectivity index (χ0) is 14.7. The molecule has 3 nitrogen and oxygen atoms in total. The first-order valence-corrected chi connectivity index (χ1v) is 8.48. The van der Waals surface area contributed by atoms with Gasteiger partial charge >= 0.3 is 0 Å². The number of nitrogens with zero attached hydrogens (tertiary/aromatic N) is 1. The van der Waals surface area contributed by atoms with E-state index in [0.717, 1.165) is 43.7 Å². The van der Waals surface area contributed by atoms with Gasteiger partial charge in [0.15, 0.2) is 0 Å². The second-order valence-corrected chi connectivity index (χ2v) is 6.70. The molecule has 2 N–H and O–H groups in total. The topological polar surface area (TPSA) is 38.5 Å². The van der Waals surface area contributed by atoms with E-state index in [1.165, 1.54) is 31.4 Å². The van der Waals surface area contributed by atoms with Gasteiger partial charge in [-0.15, -0.1) is 0 Å². The van der Waals surface area contributed by atoms with Crippen LogP contribution in [0, 0.1) is 11.8 Å². The first-order valence-electron chi connectivity index (χ1n) is 8.48. The summed E-state index contributed by atoms with van der Waals surface area (Å²) in [5, 5.41) is 0. The Bertz CT molecular complexity index is 462. The van der Waals surface area contributed by atoms with E-state index < -0.39 is 0 Å². The van der Waals surface area contributed by atoms with Gasteiger partial charge in [0.05, 0.1) is 12.3 Å². The number of anilines is 1. The normalized spacial score (nSPS) is 27.4. The van der Waals surface area contributed by atoms with Crippen LogP contribution < -0.4 is 15.4 Å². The molecule has 1 aromatic carbocycles. The van der Waals surface area contributed by atoms with Crippen LogP contribution in [-0.4, -0.2) is 25.7 Å². The molecule has 1 aromatic rings. The number of para-hydroxylation sites is 2. The monoisotopic (exact) mass is 288 g/mol. The summed E-state index contributed by atoms with van der Waals surface area (Å²) in [7, 11) is 0. The zero-order valence-electron chi connectivity index (χ0n) is 13.1. The van der Waals surface area contributed by atoms with Gasteiger partial charge < -0.3 is 15.4 Å². The summed E-state index contributed by atoms with van der Waals surface area (Å²) in [6.07, 6.45) is 6.46. The molecule has 0 bridgehead atoms. The van der Waals surface area contributed by atoms with E-state index in [-0.39, 0.29) is 0 Å². The molecule has 1 aliphatic heterocycles. The minimum absolute atomic E-state index is 0.454. The van der Waals surface area contributed by atoms with Gasteiger partial charge in [-0.05, 0) is 43.2 Å². The summed E-state index contributed by atoms with van der Waals surface area (Å²) in [5.41, 5.74) is 7.45. The van der Waals surface area contributed by atoms with Crippen molar-refractivity contribution in [3.63, 3.8) is 0 Å². The van der Waals surface area contributed by atoms with Crippen molar-refractivity contribution < 1.29 is 4.74 Å². The molecule has 0 amide bonds. The molecule has 3 atom stereocenters. The van der Waals surface area contributed by atoms with Crippen molar-refractivity contribution in [3.05, 3.63) is 24.3 Å². The van der Waals surface area contributed by atoms with Gasteiger partial charge in [-0.1, -0.05) is 31.9 Å².